The van der Waals surface area contributed by atoms with Crippen LogP contribution in [0.3, 0.4) is 0 Å². The van der Waals surface area contributed by atoms with Crippen molar-refractivity contribution in [1.29, 1.82) is 0 Å². The number of halogens is 1. The van der Waals surface area contributed by atoms with Gasteiger partial charge in [0.2, 0.25) is 5.91 Å². The van der Waals surface area contributed by atoms with Crippen molar-refractivity contribution < 1.29 is 18.0 Å². The molecular weight excluding hydrogens is 450 g/mol. The van der Waals surface area contributed by atoms with Crippen molar-refractivity contribution in [2.24, 2.45) is 0 Å². The largest absolute Gasteiger partial charge is 0.332 e. The van der Waals surface area contributed by atoms with Gasteiger partial charge in [-0.2, -0.15) is 0 Å². The number of benzene rings is 3. The second-order valence-electron chi connectivity index (χ2n) is 7.22. The zero-order valence-electron chi connectivity index (χ0n) is 17.5. The first-order valence-electron chi connectivity index (χ1n) is 9.64. The molecule has 0 aliphatic heterocycles. The molecule has 0 saturated carbocycles. The van der Waals surface area contributed by atoms with E-state index in [4.69, 9.17) is 11.6 Å². The van der Waals surface area contributed by atoms with Crippen LogP contribution in [0.5, 0.6) is 0 Å². The molecule has 0 saturated heterocycles. The van der Waals surface area contributed by atoms with E-state index in [-0.39, 0.29) is 22.9 Å². The van der Waals surface area contributed by atoms with Crippen LogP contribution in [0.4, 0.5) is 11.4 Å². The number of amides is 2. The molecule has 7 nitrogen and oxygen atoms in total. The van der Waals surface area contributed by atoms with E-state index in [1.807, 2.05) is 19.1 Å². The molecule has 0 fully saturated rings. The molecule has 0 spiro atoms. The minimum atomic E-state index is -3.92. The quantitative estimate of drug-likeness (QED) is 0.540. The first-order valence-corrected chi connectivity index (χ1v) is 11.5. The van der Waals surface area contributed by atoms with E-state index in [0.29, 0.717) is 16.4 Å². The number of hydrogen-bond donors (Lipinski definition) is 2. The van der Waals surface area contributed by atoms with Gasteiger partial charge in [0.05, 0.1) is 11.4 Å². The Balaban J connectivity index is 1.68. The standard InChI is InChI=1S/C23H22ClN3O4S/c1-16-6-10-19(11-7-16)25-22(28)15-27(2)23(29)17-4-3-5-21(14-17)32(30,31)26-20-12-8-18(24)9-13-20/h3-14,26H,15H2,1-2H3,(H,25,28). The van der Waals surface area contributed by atoms with Crippen LogP contribution in [0.15, 0.2) is 77.7 Å². The van der Waals surface area contributed by atoms with E-state index in [0.717, 1.165) is 5.56 Å². The maximum atomic E-state index is 12.8. The predicted octanol–water partition coefficient (Wildman–Crippen LogP) is 4.16. The van der Waals surface area contributed by atoms with Crippen molar-refractivity contribution in [2.45, 2.75) is 11.8 Å². The summed E-state index contributed by atoms with van der Waals surface area (Å²) < 4.78 is 27.9. The van der Waals surface area contributed by atoms with Gasteiger partial charge >= 0.3 is 0 Å². The lowest BCUT2D eigenvalue weighted by molar-refractivity contribution is -0.116. The summed E-state index contributed by atoms with van der Waals surface area (Å²) in [6.07, 6.45) is 0. The number of hydrogen-bond acceptors (Lipinski definition) is 4. The third-order valence-electron chi connectivity index (χ3n) is 4.55. The van der Waals surface area contributed by atoms with Gasteiger partial charge < -0.3 is 10.2 Å². The SMILES string of the molecule is Cc1ccc(NC(=O)CN(C)C(=O)c2cccc(S(=O)(=O)Nc3ccc(Cl)cc3)c2)cc1. The van der Waals surface area contributed by atoms with Gasteiger partial charge in [0.1, 0.15) is 0 Å². The summed E-state index contributed by atoms with van der Waals surface area (Å²) in [6, 6.07) is 19.1. The molecule has 32 heavy (non-hydrogen) atoms. The molecule has 3 aromatic rings. The van der Waals surface area contributed by atoms with Crippen molar-refractivity contribution in [3.8, 4) is 0 Å². The Kier molecular flexibility index (Phi) is 7.17. The lowest BCUT2D eigenvalue weighted by Gasteiger charge is -2.17. The number of anilines is 2. The van der Waals surface area contributed by atoms with Gasteiger partial charge in [-0.15, -0.1) is 0 Å². The van der Waals surface area contributed by atoms with Gasteiger partial charge in [-0.05, 0) is 61.5 Å². The van der Waals surface area contributed by atoms with Crippen LogP contribution < -0.4 is 10.0 Å². The van der Waals surface area contributed by atoms with Crippen molar-refractivity contribution in [2.75, 3.05) is 23.6 Å². The highest BCUT2D eigenvalue weighted by Gasteiger charge is 2.19. The summed E-state index contributed by atoms with van der Waals surface area (Å²) in [7, 11) is -2.44. The molecule has 0 aliphatic carbocycles. The van der Waals surface area contributed by atoms with Crippen molar-refractivity contribution in [3.63, 3.8) is 0 Å². The molecule has 0 aromatic heterocycles. The maximum Gasteiger partial charge on any atom is 0.261 e. The van der Waals surface area contributed by atoms with Gasteiger partial charge in [0.15, 0.2) is 0 Å². The molecule has 9 heteroatoms. The first kappa shape index (κ1) is 23.3. The molecule has 0 heterocycles. The van der Waals surface area contributed by atoms with E-state index in [9.17, 15) is 18.0 Å². The number of sulfonamides is 1. The van der Waals surface area contributed by atoms with Gasteiger partial charge in [-0.25, -0.2) is 8.42 Å². The van der Waals surface area contributed by atoms with Crippen LogP contribution >= 0.6 is 11.6 Å². The first-order chi connectivity index (χ1) is 15.1. The number of nitrogens with one attached hydrogen (secondary N) is 2. The third-order valence-corrected chi connectivity index (χ3v) is 6.18. The average molecular weight is 472 g/mol. The molecule has 0 unspecified atom stereocenters. The van der Waals surface area contributed by atoms with Crippen LogP contribution in [0.1, 0.15) is 15.9 Å². The van der Waals surface area contributed by atoms with Crippen molar-refractivity contribution >= 4 is 44.8 Å². The Labute approximate surface area is 192 Å². The lowest BCUT2D eigenvalue weighted by Crippen LogP contribution is -2.35. The Hall–Kier alpha value is -3.36. The molecule has 3 aromatic carbocycles. The Bertz CT molecular complexity index is 1230. The lowest BCUT2D eigenvalue weighted by atomic mass is 10.2. The molecule has 0 bridgehead atoms. The molecule has 3 rings (SSSR count). The second-order valence-corrected chi connectivity index (χ2v) is 9.33. The van der Waals surface area contributed by atoms with E-state index in [1.165, 1.54) is 48.3 Å². The fourth-order valence-electron chi connectivity index (χ4n) is 2.87. The molecule has 0 atom stereocenters. The zero-order valence-corrected chi connectivity index (χ0v) is 19.1. The summed E-state index contributed by atoms with van der Waals surface area (Å²) in [5, 5.41) is 3.21. The van der Waals surface area contributed by atoms with Gasteiger partial charge in [-0.1, -0.05) is 35.4 Å². The Morgan fingerprint density at radius 3 is 2.22 bits per heavy atom. The normalized spacial score (nSPS) is 11.0. The molecule has 2 amide bonds. The average Bonchev–Trinajstić information content (AvgIpc) is 2.76. The van der Waals surface area contributed by atoms with E-state index in [1.54, 1.807) is 24.3 Å². The highest BCUT2D eigenvalue weighted by Crippen LogP contribution is 2.20. The van der Waals surface area contributed by atoms with Gasteiger partial charge in [-0.3, -0.25) is 14.3 Å². The van der Waals surface area contributed by atoms with Crippen molar-refractivity contribution in [1.82, 2.24) is 4.90 Å². The molecule has 0 aliphatic rings. The summed E-state index contributed by atoms with van der Waals surface area (Å²) in [4.78, 5) is 26.2. The van der Waals surface area contributed by atoms with Crippen LogP contribution in [0.25, 0.3) is 0 Å². The summed E-state index contributed by atoms with van der Waals surface area (Å²) in [5.41, 5.74) is 2.18. The van der Waals surface area contributed by atoms with E-state index >= 15 is 0 Å². The molecule has 166 valence electrons. The van der Waals surface area contributed by atoms with Gasteiger partial charge in [0.25, 0.3) is 15.9 Å². The van der Waals surface area contributed by atoms with Crippen LogP contribution in [0.2, 0.25) is 5.02 Å². The van der Waals surface area contributed by atoms with Crippen LogP contribution in [0, 0.1) is 6.92 Å². The van der Waals surface area contributed by atoms with E-state index in [2.05, 4.69) is 10.0 Å². The molecule has 0 radical (unpaired) electrons. The molecule has 2 N–H and O–H groups in total. The van der Waals surface area contributed by atoms with E-state index < -0.39 is 15.9 Å². The summed E-state index contributed by atoms with van der Waals surface area (Å²) in [5.74, 6) is -0.842. The highest BCUT2D eigenvalue weighted by atomic mass is 35.5. The summed E-state index contributed by atoms with van der Waals surface area (Å²) in [6.45, 7) is 1.75. The van der Waals surface area contributed by atoms with Crippen LogP contribution in [-0.2, 0) is 14.8 Å². The van der Waals surface area contributed by atoms with Crippen molar-refractivity contribution in [3.05, 3.63) is 88.9 Å². The Morgan fingerprint density at radius 2 is 1.56 bits per heavy atom. The number of aryl methyl sites for hydroxylation is 1. The number of likely N-dealkylation sites (N-methyl/N-ethyl adjacent to an activating group) is 1. The fourth-order valence-corrected chi connectivity index (χ4v) is 4.10. The third kappa shape index (κ3) is 6.09. The zero-order chi connectivity index (χ0) is 23.3. The van der Waals surface area contributed by atoms with Crippen LogP contribution in [-0.4, -0.2) is 38.7 Å². The Morgan fingerprint density at radius 1 is 0.938 bits per heavy atom. The summed E-state index contributed by atoms with van der Waals surface area (Å²) >= 11 is 5.82. The smallest absolute Gasteiger partial charge is 0.261 e. The number of carbonyl (C=O) groups is 2. The minimum absolute atomic E-state index is 0.0733. The molecular formula is C23H22ClN3O4S. The number of carbonyl (C=O) groups excluding carboxylic acids is 2. The number of nitrogens with zero attached hydrogens (tertiary/aromatic N) is 1. The predicted molar refractivity (Wildman–Crippen MR) is 125 cm³/mol. The second kappa shape index (κ2) is 9.84. The maximum absolute atomic E-state index is 12.8. The topological polar surface area (TPSA) is 95.6 Å². The minimum Gasteiger partial charge on any atom is -0.332 e. The fraction of sp³-hybridized carbons (Fsp3) is 0.130. The number of rotatable bonds is 7. The monoisotopic (exact) mass is 471 g/mol. The highest BCUT2D eigenvalue weighted by molar-refractivity contribution is 7.92. The van der Waals surface area contributed by atoms with Gasteiger partial charge in [0, 0.05) is 29.0 Å².